The zero-order valence-corrected chi connectivity index (χ0v) is 16.7. The molecule has 0 amide bonds. The van der Waals surface area contributed by atoms with Gasteiger partial charge in [0.1, 0.15) is 0 Å². The minimum atomic E-state index is 1.28. The molecule has 140 valence electrons. The lowest BCUT2D eigenvalue weighted by Gasteiger charge is -2.13. The van der Waals surface area contributed by atoms with Crippen LogP contribution in [0.2, 0.25) is 0 Å². The van der Waals surface area contributed by atoms with Crippen molar-refractivity contribution in [1.29, 1.82) is 0 Å². The van der Waals surface area contributed by atoms with Gasteiger partial charge >= 0.3 is 0 Å². The maximum atomic E-state index is 2.33. The minimum Gasteiger partial charge on any atom is -0.344 e. The monoisotopic (exact) mass is 381 g/mol. The Morgan fingerprint density at radius 1 is 0.367 bits per heavy atom. The van der Waals surface area contributed by atoms with E-state index in [1.165, 1.54) is 64.9 Å². The highest BCUT2D eigenvalue weighted by atomic mass is 14.9. The molecule has 0 saturated carbocycles. The highest BCUT2D eigenvalue weighted by molar-refractivity contribution is 6.34. The van der Waals surface area contributed by atoms with Gasteiger partial charge in [-0.3, -0.25) is 0 Å². The molecule has 7 rings (SSSR count). The molecule has 0 atom stereocenters. The summed E-state index contributed by atoms with van der Waals surface area (Å²) in [5, 5.41) is 13.3. The normalized spacial score (nSPS) is 12.2. The molecule has 0 radical (unpaired) electrons. The van der Waals surface area contributed by atoms with Crippen molar-refractivity contribution in [1.82, 2.24) is 4.57 Å². The first-order valence-electron chi connectivity index (χ1n) is 10.4. The Kier molecular flexibility index (Phi) is 2.99. The molecule has 0 saturated heterocycles. The van der Waals surface area contributed by atoms with Gasteiger partial charge in [-0.2, -0.15) is 0 Å². The third-order valence-electron chi connectivity index (χ3n) is 6.78. The van der Waals surface area contributed by atoms with Crippen LogP contribution in [0.5, 0.6) is 0 Å². The van der Waals surface area contributed by atoms with Crippen molar-refractivity contribution in [3.05, 3.63) is 97.1 Å². The molecule has 30 heavy (non-hydrogen) atoms. The fraction of sp³-hybridized carbons (Fsp3) is 0.0345. The van der Waals surface area contributed by atoms with Gasteiger partial charge in [0.2, 0.25) is 0 Å². The Balaban J connectivity index is 1.82. The first-order valence-corrected chi connectivity index (χ1v) is 10.4. The van der Waals surface area contributed by atoms with E-state index in [0.29, 0.717) is 0 Å². The lowest BCUT2D eigenvalue weighted by atomic mass is 9.90. The second-order valence-electron chi connectivity index (χ2n) is 8.21. The molecule has 0 aliphatic rings. The summed E-state index contributed by atoms with van der Waals surface area (Å²) in [6, 6.07) is 35.6. The van der Waals surface area contributed by atoms with Gasteiger partial charge in [-0.1, -0.05) is 84.9 Å². The van der Waals surface area contributed by atoms with Crippen LogP contribution in [0.25, 0.3) is 64.9 Å². The van der Waals surface area contributed by atoms with E-state index in [1.54, 1.807) is 0 Å². The number of nitrogens with zero attached hydrogens (tertiary/aromatic N) is 1. The first-order chi connectivity index (χ1) is 14.8. The van der Waals surface area contributed by atoms with Gasteiger partial charge in [-0.25, -0.2) is 0 Å². The van der Waals surface area contributed by atoms with E-state index in [9.17, 15) is 0 Å². The largest absolute Gasteiger partial charge is 0.344 e. The van der Waals surface area contributed by atoms with Gasteiger partial charge in [-0.05, 0) is 55.2 Å². The Bertz CT molecular complexity index is 1770. The molecule has 0 spiro atoms. The summed E-state index contributed by atoms with van der Waals surface area (Å²) >= 11 is 0. The zero-order valence-electron chi connectivity index (χ0n) is 16.7. The van der Waals surface area contributed by atoms with Crippen LogP contribution in [-0.2, 0) is 7.05 Å². The highest BCUT2D eigenvalue weighted by Gasteiger charge is 2.15. The van der Waals surface area contributed by atoms with Crippen LogP contribution in [-0.4, -0.2) is 4.57 Å². The fourth-order valence-electron chi connectivity index (χ4n) is 5.47. The van der Waals surface area contributed by atoms with Crippen LogP contribution < -0.4 is 0 Å². The molecular weight excluding hydrogens is 362 g/mol. The van der Waals surface area contributed by atoms with E-state index < -0.39 is 0 Å². The summed E-state index contributed by atoms with van der Waals surface area (Å²) in [5.41, 5.74) is 2.57. The van der Waals surface area contributed by atoms with Crippen LogP contribution in [0.4, 0.5) is 0 Å². The number of hydrogen-bond donors (Lipinski definition) is 0. The summed E-state index contributed by atoms with van der Waals surface area (Å²) in [6.07, 6.45) is 0. The first kappa shape index (κ1) is 16.0. The van der Waals surface area contributed by atoms with Crippen molar-refractivity contribution >= 4 is 64.9 Å². The van der Waals surface area contributed by atoms with Gasteiger partial charge in [0.25, 0.3) is 0 Å². The molecule has 7 aromatic rings. The summed E-state index contributed by atoms with van der Waals surface area (Å²) < 4.78 is 2.31. The van der Waals surface area contributed by atoms with Gasteiger partial charge in [-0.15, -0.1) is 0 Å². The molecule has 6 aromatic carbocycles. The van der Waals surface area contributed by atoms with Crippen molar-refractivity contribution < 1.29 is 0 Å². The predicted octanol–water partition coefficient (Wildman–Crippen LogP) is 7.94. The van der Waals surface area contributed by atoms with Crippen molar-refractivity contribution in [3.63, 3.8) is 0 Å². The summed E-state index contributed by atoms with van der Waals surface area (Å²) in [7, 11) is 2.17. The van der Waals surface area contributed by atoms with Crippen molar-refractivity contribution in [2.24, 2.45) is 7.05 Å². The summed E-state index contributed by atoms with van der Waals surface area (Å²) in [4.78, 5) is 0. The molecule has 0 aliphatic heterocycles. The van der Waals surface area contributed by atoms with Crippen molar-refractivity contribution in [3.8, 4) is 0 Å². The Morgan fingerprint density at radius 2 is 0.800 bits per heavy atom. The standard InChI is InChI=1S/C29H19N/c1-30-26-13-7-6-12-25(26)29-24-15-14-22-20-10-3-2-8-18(20)19-9-4-5-11-21(19)28(22)23(24)16-17-27(29)30/h2-17H,1H3. The summed E-state index contributed by atoms with van der Waals surface area (Å²) in [6.45, 7) is 0. The van der Waals surface area contributed by atoms with Gasteiger partial charge < -0.3 is 4.57 Å². The van der Waals surface area contributed by atoms with Gasteiger partial charge in [0.15, 0.2) is 0 Å². The van der Waals surface area contributed by atoms with Crippen LogP contribution in [0, 0.1) is 0 Å². The smallest absolute Gasteiger partial charge is 0.0495 e. The average molecular weight is 381 g/mol. The molecule has 1 nitrogen and oxygen atoms in total. The number of rotatable bonds is 0. The van der Waals surface area contributed by atoms with E-state index in [4.69, 9.17) is 0 Å². The number of fused-ring (bicyclic) bond motifs is 12. The van der Waals surface area contributed by atoms with Crippen LogP contribution in [0.3, 0.4) is 0 Å². The maximum Gasteiger partial charge on any atom is 0.0495 e. The highest BCUT2D eigenvalue weighted by Crippen LogP contribution is 2.42. The quantitative estimate of drug-likeness (QED) is 0.235. The Hall–Kier alpha value is -3.84. The topological polar surface area (TPSA) is 4.93 Å². The number of aromatic nitrogens is 1. The molecule has 1 heteroatoms. The lowest BCUT2D eigenvalue weighted by molar-refractivity contribution is 1.01. The molecule has 0 unspecified atom stereocenters. The molecular formula is C29H19N. The van der Waals surface area contributed by atoms with E-state index in [1.807, 2.05) is 0 Å². The van der Waals surface area contributed by atoms with E-state index in [-0.39, 0.29) is 0 Å². The third-order valence-corrected chi connectivity index (χ3v) is 6.78. The number of benzene rings is 6. The molecule has 1 heterocycles. The molecule has 1 aromatic heterocycles. The van der Waals surface area contributed by atoms with E-state index in [2.05, 4.69) is 109 Å². The Morgan fingerprint density at radius 3 is 1.50 bits per heavy atom. The van der Waals surface area contributed by atoms with Gasteiger partial charge in [0, 0.05) is 28.9 Å². The molecule has 0 aliphatic carbocycles. The maximum absolute atomic E-state index is 2.33. The predicted molar refractivity (Wildman–Crippen MR) is 130 cm³/mol. The molecule has 0 fully saturated rings. The van der Waals surface area contributed by atoms with Gasteiger partial charge in [0.05, 0.1) is 0 Å². The fourth-order valence-corrected chi connectivity index (χ4v) is 5.47. The SMILES string of the molecule is Cn1c2ccccc2c2c3ccc4c5ccccc5c5ccccc5c4c3ccc21. The summed E-state index contributed by atoms with van der Waals surface area (Å²) in [5.74, 6) is 0. The van der Waals surface area contributed by atoms with Crippen molar-refractivity contribution in [2.45, 2.75) is 0 Å². The van der Waals surface area contributed by atoms with Crippen LogP contribution >= 0.6 is 0 Å². The molecule has 0 bridgehead atoms. The zero-order chi connectivity index (χ0) is 19.8. The number of aryl methyl sites for hydroxylation is 1. The van der Waals surface area contributed by atoms with E-state index in [0.717, 1.165) is 0 Å². The second kappa shape index (κ2) is 5.61. The van der Waals surface area contributed by atoms with Crippen molar-refractivity contribution in [2.75, 3.05) is 0 Å². The van der Waals surface area contributed by atoms with E-state index >= 15 is 0 Å². The number of hydrogen-bond acceptors (Lipinski definition) is 0. The number of para-hydroxylation sites is 1. The Labute approximate surface area is 173 Å². The van der Waals surface area contributed by atoms with Crippen LogP contribution in [0.15, 0.2) is 97.1 Å². The third kappa shape index (κ3) is 1.87. The lowest BCUT2D eigenvalue weighted by Crippen LogP contribution is -1.87. The second-order valence-corrected chi connectivity index (χ2v) is 8.21. The minimum absolute atomic E-state index is 1.28. The average Bonchev–Trinajstić information content (AvgIpc) is 3.11. The van der Waals surface area contributed by atoms with Crippen LogP contribution in [0.1, 0.15) is 0 Å². The molecule has 0 N–H and O–H groups in total.